The van der Waals surface area contributed by atoms with Crippen LogP contribution in [0.5, 0.6) is 0 Å². The highest BCUT2D eigenvalue weighted by Gasteiger charge is 2.16. The van der Waals surface area contributed by atoms with Gasteiger partial charge >= 0.3 is 5.97 Å². The van der Waals surface area contributed by atoms with Crippen molar-refractivity contribution in [3.8, 4) is 0 Å². The molecule has 0 aliphatic heterocycles. The van der Waals surface area contributed by atoms with Crippen LogP contribution in [-0.4, -0.2) is 16.0 Å². The molecule has 2 aromatic carbocycles. The van der Waals surface area contributed by atoms with Gasteiger partial charge in [0.1, 0.15) is 0 Å². The summed E-state index contributed by atoms with van der Waals surface area (Å²) in [6.07, 6.45) is 0. The zero-order valence-electron chi connectivity index (χ0n) is 8.08. The first-order valence-electron chi connectivity index (χ1n) is 4.50. The minimum Gasteiger partial charge on any atom is -0.478 e. The molecule has 0 amide bonds. The summed E-state index contributed by atoms with van der Waals surface area (Å²) in [7, 11) is 0. The molecule has 0 spiro atoms. The van der Waals surface area contributed by atoms with E-state index in [2.05, 4.69) is 0 Å². The zero-order valence-corrected chi connectivity index (χ0v) is 8.08. The molecule has 80 valence electrons. The van der Waals surface area contributed by atoms with E-state index < -0.39 is 10.9 Å². The topological polar surface area (TPSA) is 80.4 Å². The van der Waals surface area contributed by atoms with Crippen LogP contribution in [0.4, 0.5) is 5.69 Å². The lowest BCUT2D eigenvalue weighted by Gasteiger charge is -2.02. The molecule has 0 heterocycles. The summed E-state index contributed by atoms with van der Waals surface area (Å²) in [6, 6.07) is 8.86. The smallest absolute Gasteiger partial charge is 0.336 e. The van der Waals surface area contributed by atoms with Crippen molar-refractivity contribution < 1.29 is 14.8 Å². The van der Waals surface area contributed by atoms with Crippen LogP contribution < -0.4 is 0 Å². The summed E-state index contributed by atoms with van der Waals surface area (Å²) < 4.78 is 0. The van der Waals surface area contributed by atoms with E-state index in [1.54, 1.807) is 24.3 Å². The van der Waals surface area contributed by atoms with Crippen LogP contribution in [0.1, 0.15) is 10.4 Å². The van der Waals surface area contributed by atoms with Crippen molar-refractivity contribution in [1.82, 2.24) is 0 Å². The highest BCUT2D eigenvalue weighted by atomic mass is 16.6. The van der Waals surface area contributed by atoms with E-state index in [1.807, 2.05) is 0 Å². The highest BCUT2D eigenvalue weighted by Crippen LogP contribution is 2.28. The number of fused-ring (bicyclic) bond motifs is 1. The van der Waals surface area contributed by atoms with E-state index >= 15 is 0 Å². The molecule has 0 fully saturated rings. The van der Waals surface area contributed by atoms with Gasteiger partial charge in [-0.25, -0.2) is 4.79 Å². The number of carbonyl (C=O) groups is 1. The third-order valence-electron chi connectivity index (χ3n) is 2.33. The summed E-state index contributed by atoms with van der Waals surface area (Å²) in [6.45, 7) is 0. The monoisotopic (exact) mass is 217 g/mol. The number of carboxylic acid groups (broad SMARTS) is 1. The molecule has 16 heavy (non-hydrogen) atoms. The Kier molecular flexibility index (Phi) is 2.28. The minimum absolute atomic E-state index is 0.0706. The van der Waals surface area contributed by atoms with E-state index in [-0.39, 0.29) is 11.3 Å². The number of nitro groups is 1. The molecule has 0 unspecified atom stereocenters. The zero-order chi connectivity index (χ0) is 11.7. The largest absolute Gasteiger partial charge is 0.478 e. The molecular formula is C11H7NO4. The van der Waals surface area contributed by atoms with Crippen LogP contribution in [0.3, 0.4) is 0 Å². The molecule has 2 rings (SSSR count). The Bertz CT molecular complexity index is 539. The molecule has 0 radical (unpaired) electrons. The average molecular weight is 217 g/mol. The molecule has 0 aromatic heterocycles. The first kappa shape index (κ1) is 10.1. The fraction of sp³-hybridized carbons (Fsp3) is 0. The van der Waals surface area contributed by atoms with Crippen LogP contribution in [0.25, 0.3) is 10.8 Å². The van der Waals surface area contributed by atoms with Crippen molar-refractivity contribution in [2.24, 2.45) is 0 Å². The summed E-state index contributed by atoms with van der Waals surface area (Å²) in [4.78, 5) is 21.2. The van der Waals surface area contributed by atoms with Gasteiger partial charge in [-0.1, -0.05) is 18.2 Å². The van der Waals surface area contributed by atoms with Gasteiger partial charge < -0.3 is 5.11 Å². The molecule has 0 aliphatic carbocycles. The third-order valence-corrected chi connectivity index (χ3v) is 2.33. The van der Waals surface area contributed by atoms with Gasteiger partial charge in [-0.05, 0) is 12.1 Å². The SMILES string of the molecule is O=C(O)c1ccc([N+](=O)[O-])c2ccccc12. The van der Waals surface area contributed by atoms with E-state index in [9.17, 15) is 14.9 Å². The minimum atomic E-state index is -1.09. The van der Waals surface area contributed by atoms with Gasteiger partial charge in [0.2, 0.25) is 0 Å². The molecule has 1 N–H and O–H groups in total. The van der Waals surface area contributed by atoms with Gasteiger partial charge in [0.25, 0.3) is 5.69 Å². The van der Waals surface area contributed by atoms with Gasteiger partial charge in [-0.3, -0.25) is 10.1 Å². The van der Waals surface area contributed by atoms with Crippen LogP contribution in [0, 0.1) is 10.1 Å². The molecule has 5 heteroatoms. The van der Waals surface area contributed by atoms with Crippen molar-refractivity contribution in [2.75, 3.05) is 0 Å². The molecule has 5 nitrogen and oxygen atoms in total. The van der Waals surface area contributed by atoms with E-state index in [1.165, 1.54) is 12.1 Å². The Balaban J connectivity index is 2.87. The lowest BCUT2D eigenvalue weighted by atomic mass is 10.0. The predicted molar refractivity (Wildman–Crippen MR) is 57.6 cm³/mol. The van der Waals surface area contributed by atoms with E-state index in [0.717, 1.165) is 0 Å². The Morgan fingerprint density at radius 1 is 1.12 bits per heavy atom. The molecule has 0 bridgehead atoms. The number of nitrogens with zero attached hydrogens (tertiary/aromatic N) is 1. The number of benzene rings is 2. The number of hydrogen-bond acceptors (Lipinski definition) is 3. The number of aromatic carboxylic acids is 1. The van der Waals surface area contributed by atoms with Crippen LogP contribution in [0.15, 0.2) is 36.4 Å². The van der Waals surface area contributed by atoms with Gasteiger partial charge in [-0.15, -0.1) is 0 Å². The van der Waals surface area contributed by atoms with Crippen LogP contribution in [-0.2, 0) is 0 Å². The Morgan fingerprint density at radius 3 is 2.31 bits per heavy atom. The fourth-order valence-corrected chi connectivity index (χ4v) is 1.63. The molecule has 0 saturated carbocycles. The highest BCUT2D eigenvalue weighted by molar-refractivity contribution is 6.06. The molecule has 0 saturated heterocycles. The van der Waals surface area contributed by atoms with Crippen molar-refractivity contribution in [2.45, 2.75) is 0 Å². The van der Waals surface area contributed by atoms with Gasteiger partial charge in [0.15, 0.2) is 0 Å². The Labute approximate surface area is 90.1 Å². The van der Waals surface area contributed by atoms with Gasteiger partial charge in [0.05, 0.1) is 15.9 Å². The summed E-state index contributed by atoms with van der Waals surface area (Å²) in [5.74, 6) is -1.09. The Morgan fingerprint density at radius 2 is 1.75 bits per heavy atom. The maximum absolute atomic E-state index is 10.9. The average Bonchev–Trinajstić information content (AvgIpc) is 2.27. The standard InChI is InChI=1S/C11H7NO4/c13-11(14)9-5-6-10(12(15)16)8-4-2-1-3-7(8)9/h1-6H,(H,13,14). The lowest BCUT2D eigenvalue weighted by Crippen LogP contribution is -1.99. The second-order valence-corrected chi connectivity index (χ2v) is 3.24. The first-order valence-corrected chi connectivity index (χ1v) is 4.50. The molecule has 2 aromatic rings. The summed E-state index contributed by atoms with van der Waals surface area (Å²) >= 11 is 0. The van der Waals surface area contributed by atoms with Gasteiger partial charge in [-0.2, -0.15) is 0 Å². The van der Waals surface area contributed by atoms with Crippen molar-refractivity contribution in [3.05, 3.63) is 52.1 Å². The second kappa shape index (κ2) is 3.62. The fourth-order valence-electron chi connectivity index (χ4n) is 1.63. The van der Waals surface area contributed by atoms with Gasteiger partial charge in [0, 0.05) is 11.5 Å². The van der Waals surface area contributed by atoms with Crippen molar-refractivity contribution >= 4 is 22.4 Å². The molecular weight excluding hydrogens is 210 g/mol. The quantitative estimate of drug-likeness (QED) is 0.618. The number of rotatable bonds is 2. The molecule has 0 atom stereocenters. The Hall–Kier alpha value is -2.43. The number of nitro benzene ring substituents is 1. The van der Waals surface area contributed by atoms with Crippen molar-refractivity contribution in [1.29, 1.82) is 0 Å². The number of non-ortho nitro benzene ring substituents is 1. The first-order chi connectivity index (χ1) is 7.61. The second-order valence-electron chi connectivity index (χ2n) is 3.24. The van der Waals surface area contributed by atoms with E-state index in [0.29, 0.717) is 10.8 Å². The molecule has 0 aliphatic rings. The van der Waals surface area contributed by atoms with Crippen LogP contribution in [0.2, 0.25) is 0 Å². The normalized spacial score (nSPS) is 10.2. The predicted octanol–water partition coefficient (Wildman–Crippen LogP) is 2.45. The van der Waals surface area contributed by atoms with Crippen molar-refractivity contribution in [3.63, 3.8) is 0 Å². The lowest BCUT2D eigenvalue weighted by molar-refractivity contribution is -0.383. The van der Waals surface area contributed by atoms with E-state index in [4.69, 9.17) is 5.11 Å². The summed E-state index contributed by atoms with van der Waals surface area (Å²) in [5, 5.41) is 20.4. The summed E-state index contributed by atoms with van der Waals surface area (Å²) in [5.41, 5.74) is -0.0122. The number of hydrogen-bond donors (Lipinski definition) is 1. The maximum atomic E-state index is 10.9. The number of carboxylic acids is 1. The maximum Gasteiger partial charge on any atom is 0.336 e. The van der Waals surface area contributed by atoms with Crippen LogP contribution >= 0.6 is 0 Å². The third kappa shape index (κ3) is 1.48.